The van der Waals surface area contributed by atoms with Crippen LogP contribution in [0.15, 0.2) is 67.2 Å². The number of likely N-dealkylation sites (tertiary alicyclic amines) is 1. The van der Waals surface area contributed by atoms with E-state index in [1.165, 1.54) is 12.5 Å². The van der Waals surface area contributed by atoms with Gasteiger partial charge in [-0.25, -0.2) is 14.6 Å². The Hall–Kier alpha value is -4.27. The number of hydrogen-bond acceptors (Lipinski definition) is 7. The molecule has 3 aromatic rings. The van der Waals surface area contributed by atoms with Crippen LogP contribution in [-0.4, -0.2) is 49.9 Å². The number of nitrogens with two attached hydrogens (primary N) is 1. The summed E-state index contributed by atoms with van der Waals surface area (Å²) in [6, 6.07) is 7.50. The summed E-state index contributed by atoms with van der Waals surface area (Å²) in [5.74, 6) is 1.61. The van der Waals surface area contributed by atoms with Gasteiger partial charge >= 0.3 is 0 Å². The van der Waals surface area contributed by atoms with Crippen molar-refractivity contribution in [1.82, 2.24) is 24.6 Å². The Morgan fingerprint density at radius 2 is 2.09 bits per heavy atom. The van der Waals surface area contributed by atoms with Gasteiger partial charge in [-0.15, -0.1) is 0 Å². The van der Waals surface area contributed by atoms with E-state index in [1.807, 2.05) is 33.8 Å². The summed E-state index contributed by atoms with van der Waals surface area (Å²) in [6.07, 6.45) is 11.0. The number of rotatable bonds is 7. The number of nitrogens with zero attached hydrogens (tertiary/aromatic N) is 5. The molecule has 1 atom stereocenters. The highest BCUT2D eigenvalue weighted by atomic mass is 16.5. The van der Waals surface area contributed by atoms with Gasteiger partial charge < -0.3 is 20.8 Å². The normalized spacial score (nSPS) is 16.7. The summed E-state index contributed by atoms with van der Waals surface area (Å²) in [6.45, 7) is 6.63. The second-order valence-corrected chi connectivity index (χ2v) is 7.97. The summed E-state index contributed by atoms with van der Waals surface area (Å²) in [7, 11) is 0. The molecule has 34 heavy (non-hydrogen) atoms. The third-order valence-electron chi connectivity index (χ3n) is 5.71. The van der Waals surface area contributed by atoms with E-state index in [9.17, 15) is 4.79 Å². The number of nitrogens with one attached hydrogen (secondary N) is 1. The van der Waals surface area contributed by atoms with Gasteiger partial charge in [0, 0.05) is 31.8 Å². The molecule has 0 radical (unpaired) electrons. The fourth-order valence-electron chi connectivity index (χ4n) is 4.09. The maximum absolute atomic E-state index is 11.9. The van der Waals surface area contributed by atoms with Crippen molar-refractivity contribution in [2.45, 2.75) is 25.8 Å². The van der Waals surface area contributed by atoms with E-state index < -0.39 is 0 Å². The largest absolute Gasteiger partial charge is 0.457 e. The third kappa shape index (κ3) is 4.73. The van der Waals surface area contributed by atoms with Crippen molar-refractivity contribution in [3.8, 4) is 17.0 Å². The van der Waals surface area contributed by atoms with Crippen LogP contribution >= 0.6 is 0 Å². The first kappa shape index (κ1) is 22.9. The second-order valence-electron chi connectivity index (χ2n) is 7.97. The Kier molecular flexibility index (Phi) is 6.82. The topological polar surface area (TPSA) is 123 Å². The highest BCUT2D eigenvalue weighted by Gasteiger charge is 2.27. The Morgan fingerprint density at radius 3 is 2.79 bits per heavy atom. The van der Waals surface area contributed by atoms with Crippen LogP contribution in [0.1, 0.15) is 25.8 Å². The van der Waals surface area contributed by atoms with Gasteiger partial charge in [-0.3, -0.25) is 4.79 Å². The van der Waals surface area contributed by atoms with Gasteiger partial charge in [-0.05, 0) is 55.3 Å². The number of benzene rings is 1. The minimum absolute atomic E-state index is 0.0121. The summed E-state index contributed by atoms with van der Waals surface area (Å²) in [5.41, 5.74) is 8.44. The number of anilines is 1. The first-order chi connectivity index (χ1) is 16.5. The fraction of sp³-hybridized carbons (Fsp3) is 0.240. The van der Waals surface area contributed by atoms with E-state index in [2.05, 4.69) is 16.5 Å². The first-order valence-electron chi connectivity index (χ1n) is 11.0. The molecule has 3 heterocycles. The standard InChI is InChI=1S/C25H27N7O2/c1-3-6-20(8-4-13-26)34-21-11-9-18(10-12-21)23-22-24(27)28-16-29-25(22)32(30-23)19-7-5-14-31(15-19)17(2)33/h3-4,6,8-13,16,19,26H,1,5,7,14-15H2,2H3,(H2,27,28,29)/b8-4-,20-6+,26-13?/t19-/m0/s1. The Balaban J connectivity index is 1.69. The predicted molar refractivity (Wildman–Crippen MR) is 133 cm³/mol. The smallest absolute Gasteiger partial charge is 0.219 e. The van der Waals surface area contributed by atoms with Crippen molar-refractivity contribution in [3.63, 3.8) is 0 Å². The summed E-state index contributed by atoms with van der Waals surface area (Å²) in [4.78, 5) is 22.4. The maximum Gasteiger partial charge on any atom is 0.219 e. The van der Waals surface area contributed by atoms with Crippen molar-refractivity contribution < 1.29 is 9.53 Å². The lowest BCUT2D eigenvalue weighted by Gasteiger charge is -2.32. The number of fused-ring (bicyclic) bond motifs is 1. The van der Waals surface area contributed by atoms with Crippen LogP contribution in [0, 0.1) is 5.41 Å². The van der Waals surface area contributed by atoms with E-state index in [-0.39, 0.29) is 11.9 Å². The SMILES string of the molecule is C=C/C=C(\C=C/C=N)Oc1ccc(-c2nn([C@H]3CCCN(C(C)=O)C3)c3ncnc(N)c23)cc1. The number of ether oxygens (including phenoxy) is 1. The van der Waals surface area contributed by atoms with Crippen LogP contribution in [0.25, 0.3) is 22.3 Å². The molecule has 9 heteroatoms. The zero-order chi connectivity index (χ0) is 24.1. The molecule has 1 aliphatic heterocycles. The monoisotopic (exact) mass is 457 g/mol. The van der Waals surface area contributed by atoms with Crippen LogP contribution in [-0.2, 0) is 4.79 Å². The van der Waals surface area contributed by atoms with Crippen LogP contribution in [0.4, 0.5) is 5.82 Å². The van der Waals surface area contributed by atoms with E-state index in [4.69, 9.17) is 21.0 Å². The van der Waals surface area contributed by atoms with Gasteiger partial charge in [-0.1, -0.05) is 12.7 Å². The molecule has 0 saturated carbocycles. The zero-order valence-electron chi connectivity index (χ0n) is 19.0. The molecule has 1 saturated heterocycles. The quantitative estimate of drug-likeness (QED) is 0.315. The molecule has 0 aliphatic carbocycles. The number of allylic oxidation sites excluding steroid dienone is 4. The number of amides is 1. The van der Waals surface area contributed by atoms with Crippen LogP contribution in [0.3, 0.4) is 0 Å². The molecule has 1 amide bonds. The molecule has 3 N–H and O–H groups in total. The molecule has 174 valence electrons. The average Bonchev–Trinajstić information content (AvgIpc) is 3.24. The Labute approximate surface area is 197 Å². The Morgan fingerprint density at radius 1 is 1.29 bits per heavy atom. The summed E-state index contributed by atoms with van der Waals surface area (Å²) >= 11 is 0. The minimum Gasteiger partial charge on any atom is -0.457 e. The van der Waals surface area contributed by atoms with Gasteiger partial charge in [0.15, 0.2) is 5.65 Å². The molecule has 0 unspecified atom stereocenters. The number of carbonyl (C=O) groups excluding carboxylic acids is 1. The molecule has 9 nitrogen and oxygen atoms in total. The number of carbonyl (C=O) groups is 1. The van der Waals surface area contributed by atoms with E-state index >= 15 is 0 Å². The molecule has 2 aromatic heterocycles. The van der Waals surface area contributed by atoms with Crippen LogP contribution in [0.2, 0.25) is 0 Å². The highest BCUT2D eigenvalue weighted by molar-refractivity contribution is 5.98. The van der Waals surface area contributed by atoms with Gasteiger partial charge in [0.1, 0.15) is 29.3 Å². The predicted octanol–water partition coefficient (Wildman–Crippen LogP) is 3.91. The van der Waals surface area contributed by atoms with Gasteiger partial charge in [0.25, 0.3) is 0 Å². The average molecular weight is 458 g/mol. The van der Waals surface area contributed by atoms with Gasteiger partial charge in [0.05, 0.1) is 11.4 Å². The van der Waals surface area contributed by atoms with Crippen molar-refractivity contribution in [2.75, 3.05) is 18.8 Å². The zero-order valence-corrected chi connectivity index (χ0v) is 19.0. The van der Waals surface area contributed by atoms with Crippen LogP contribution in [0.5, 0.6) is 5.75 Å². The van der Waals surface area contributed by atoms with Crippen molar-refractivity contribution >= 4 is 29.0 Å². The maximum atomic E-state index is 11.9. The third-order valence-corrected chi connectivity index (χ3v) is 5.71. The molecule has 1 aromatic carbocycles. The lowest BCUT2D eigenvalue weighted by atomic mass is 10.1. The van der Waals surface area contributed by atoms with Crippen molar-refractivity contribution in [3.05, 3.63) is 67.2 Å². The van der Waals surface area contributed by atoms with Gasteiger partial charge in [0.2, 0.25) is 5.91 Å². The number of nitrogen functional groups attached to an aromatic ring is 1. The summed E-state index contributed by atoms with van der Waals surface area (Å²) in [5, 5.41) is 12.7. The number of piperidine rings is 1. The van der Waals surface area contributed by atoms with Crippen molar-refractivity contribution in [2.24, 2.45) is 0 Å². The van der Waals surface area contributed by atoms with Crippen molar-refractivity contribution in [1.29, 1.82) is 5.41 Å². The lowest BCUT2D eigenvalue weighted by molar-refractivity contribution is -0.130. The van der Waals surface area contributed by atoms with Crippen LogP contribution < -0.4 is 10.5 Å². The summed E-state index contributed by atoms with van der Waals surface area (Å²) < 4.78 is 7.77. The molecular weight excluding hydrogens is 430 g/mol. The molecule has 0 bridgehead atoms. The van der Waals surface area contributed by atoms with Gasteiger partial charge in [-0.2, -0.15) is 5.10 Å². The molecule has 1 fully saturated rings. The lowest BCUT2D eigenvalue weighted by Crippen LogP contribution is -2.39. The van der Waals surface area contributed by atoms with E-state index in [0.29, 0.717) is 40.6 Å². The second kappa shape index (κ2) is 10.1. The highest BCUT2D eigenvalue weighted by Crippen LogP contribution is 2.34. The fourth-order valence-corrected chi connectivity index (χ4v) is 4.09. The molecular formula is C25H27N7O2. The number of aromatic nitrogens is 4. The minimum atomic E-state index is 0.0121. The van der Waals surface area contributed by atoms with E-state index in [1.54, 1.807) is 31.2 Å². The molecule has 1 aliphatic rings. The first-order valence-corrected chi connectivity index (χ1v) is 11.0. The Bertz CT molecular complexity index is 1270. The number of hydrogen-bond donors (Lipinski definition) is 2. The molecule has 0 spiro atoms. The van der Waals surface area contributed by atoms with E-state index in [0.717, 1.165) is 24.9 Å². The molecule has 4 rings (SSSR count).